The first-order valence-corrected chi connectivity index (χ1v) is 17.1. The van der Waals surface area contributed by atoms with E-state index in [0.29, 0.717) is 28.3 Å². The van der Waals surface area contributed by atoms with Crippen LogP contribution in [0.4, 0.5) is 13.2 Å². The molecule has 0 radical (unpaired) electrons. The van der Waals surface area contributed by atoms with Gasteiger partial charge in [0.2, 0.25) is 0 Å². The van der Waals surface area contributed by atoms with E-state index in [1.807, 2.05) is 6.07 Å². The van der Waals surface area contributed by atoms with Crippen LogP contribution in [0.2, 0.25) is 10.0 Å². The summed E-state index contributed by atoms with van der Waals surface area (Å²) < 4.78 is 38.6. The van der Waals surface area contributed by atoms with Crippen LogP contribution in [-0.2, 0) is 6.18 Å². The molecular formula is C28H28Cl2F3N5O2S4. The molecule has 0 amide bonds. The lowest BCUT2D eigenvalue weighted by molar-refractivity contribution is -0.137. The summed E-state index contributed by atoms with van der Waals surface area (Å²) in [6.07, 6.45) is 0.0243. The van der Waals surface area contributed by atoms with Crippen molar-refractivity contribution in [3.05, 3.63) is 90.7 Å². The minimum Gasteiger partial charge on any atom is -0.395 e. The Morgan fingerprint density at radius 1 is 0.864 bits per heavy atom. The summed E-state index contributed by atoms with van der Waals surface area (Å²) in [6, 6.07) is 9.86. The number of nitriles is 1. The molecule has 0 saturated heterocycles. The molecule has 4 rings (SSSR count). The molecule has 44 heavy (non-hydrogen) atoms. The van der Waals surface area contributed by atoms with Crippen LogP contribution in [-0.4, -0.2) is 45.5 Å². The van der Waals surface area contributed by atoms with Crippen LogP contribution in [0.3, 0.4) is 0 Å². The number of aromatic nitrogens is 2. The first-order valence-electron chi connectivity index (χ1n) is 12.8. The van der Waals surface area contributed by atoms with Crippen molar-refractivity contribution in [2.45, 2.75) is 51.4 Å². The standard InChI is InChI=1S/C14H14ClF3N2OS2.C14H14ClN3OS2/c15-10-2-1-8(14(16,17)18)3-11(10)23-12(4-9(19)6-21)13-5-20-7-22-13;15-10-1-2-12(9(3-10)5-16)21-13(4-11(17)7-19)14-6-18-8-20-14/h1-3,5,7,9,12,21H,4,6,19H2;1-3,6,8,11,13,19H,4,7,17H2/t9-,12+;/m0./s1. The number of alkyl halides is 3. The van der Waals surface area contributed by atoms with Gasteiger partial charge in [0.15, 0.2) is 0 Å². The lowest BCUT2D eigenvalue weighted by Gasteiger charge is -2.19. The number of thioether (sulfide) groups is 2. The van der Waals surface area contributed by atoms with E-state index < -0.39 is 17.8 Å². The van der Waals surface area contributed by atoms with Crippen molar-refractivity contribution in [3.63, 3.8) is 0 Å². The number of hydrogen-bond donors (Lipinski definition) is 4. The predicted octanol–water partition coefficient (Wildman–Crippen LogP) is 7.57. The largest absolute Gasteiger partial charge is 0.416 e. The highest BCUT2D eigenvalue weighted by Gasteiger charge is 2.31. The van der Waals surface area contributed by atoms with Crippen molar-refractivity contribution in [3.8, 4) is 6.07 Å². The number of aliphatic hydroxyl groups excluding tert-OH is 2. The second-order valence-electron chi connectivity index (χ2n) is 9.27. The molecule has 0 spiro atoms. The predicted molar refractivity (Wildman–Crippen MR) is 173 cm³/mol. The lowest BCUT2D eigenvalue weighted by Crippen LogP contribution is -2.25. The smallest absolute Gasteiger partial charge is 0.395 e. The van der Waals surface area contributed by atoms with Crippen LogP contribution in [0, 0.1) is 11.3 Å². The minimum atomic E-state index is -4.43. The van der Waals surface area contributed by atoms with Crippen LogP contribution < -0.4 is 11.5 Å². The summed E-state index contributed by atoms with van der Waals surface area (Å²) in [5.41, 5.74) is 14.8. The minimum absolute atomic E-state index is 0.0490. The molecule has 7 nitrogen and oxygen atoms in total. The molecule has 4 atom stereocenters. The van der Waals surface area contributed by atoms with Crippen LogP contribution in [0.25, 0.3) is 0 Å². The fourth-order valence-electron chi connectivity index (χ4n) is 3.68. The van der Waals surface area contributed by atoms with Gasteiger partial charge in [-0.15, -0.1) is 46.2 Å². The molecule has 2 unspecified atom stereocenters. The van der Waals surface area contributed by atoms with Crippen molar-refractivity contribution >= 4 is 69.4 Å². The zero-order valence-electron chi connectivity index (χ0n) is 22.8. The summed E-state index contributed by atoms with van der Waals surface area (Å²) in [4.78, 5) is 11.2. The Morgan fingerprint density at radius 3 is 1.86 bits per heavy atom. The van der Waals surface area contributed by atoms with Crippen LogP contribution >= 0.6 is 69.4 Å². The van der Waals surface area contributed by atoms with E-state index in [0.717, 1.165) is 26.8 Å². The fourth-order valence-corrected chi connectivity index (χ4v) is 8.36. The molecule has 0 fully saturated rings. The second-order valence-corrected chi connectivity index (χ2v) is 14.4. The highest BCUT2D eigenvalue weighted by atomic mass is 35.5. The molecule has 4 aromatic rings. The van der Waals surface area contributed by atoms with Gasteiger partial charge in [-0.1, -0.05) is 23.2 Å². The SMILES string of the molecule is N#Cc1cc(Cl)ccc1SC(CC(N)CO)c1cncs1.N[C@H](CO)C[C@@H](Sc1cc(C(F)(F)F)ccc1Cl)c1cncs1. The summed E-state index contributed by atoms with van der Waals surface area (Å²) in [7, 11) is 0. The molecule has 2 heterocycles. The van der Waals surface area contributed by atoms with Gasteiger partial charge in [0, 0.05) is 59.5 Å². The summed E-state index contributed by atoms with van der Waals surface area (Å²) in [6.45, 7) is -0.270. The van der Waals surface area contributed by atoms with Gasteiger partial charge in [-0.25, -0.2) is 0 Å². The summed E-state index contributed by atoms with van der Waals surface area (Å²) >= 11 is 17.6. The van der Waals surface area contributed by atoms with Crippen molar-refractivity contribution in [2.24, 2.45) is 11.5 Å². The Morgan fingerprint density at radius 2 is 1.41 bits per heavy atom. The topological polar surface area (TPSA) is 142 Å². The van der Waals surface area contributed by atoms with Crippen LogP contribution in [0.15, 0.2) is 69.6 Å². The van der Waals surface area contributed by atoms with Crippen LogP contribution in [0.1, 0.15) is 44.2 Å². The first-order chi connectivity index (χ1) is 20.9. The second kappa shape index (κ2) is 17.7. The maximum absolute atomic E-state index is 12.9. The number of halogens is 5. The Balaban J connectivity index is 0.000000241. The maximum atomic E-state index is 12.9. The van der Waals surface area contributed by atoms with E-state index in [1.54, 1.807) is 58.6 Å². The van der Waals surface area contributed by atoms with Gasteiger partial charge in [-0.3, -0.25) is 9.97 Å². The number of thiazole rings is 2. The highest BCUT2D eigenvalue weighted by Crippen LogP contribution is 2.45. The Hall–Kier alpha value is -1.90. The third-order valence-electron chi connectivity index (χ3n) is 5.90. The molecule has 236 valence electrons. The fraction of sp³-hybridized carbons (Fsp3) is 0.321. The van der Waals surface area contributed by atoms with Gasteiger partial charge in [0.25, 0.3) is 0 Å². The van der Waals surface area contributed by atoms with Gasteiger partial charge in [0.1, 0.15) is 6.07 Å². The van der Waals surface area contributed by atoms with E-state index >= 15 is 0 Å². The third-order valence-corrected chi connectivity index (χ3v) is 11.3. The Labute approximate surface area is 279 Å². The quantitative estimate of drug-likeness (QED) is 0.109. The number of nitrogens with two attached hydrogens (primary N) is 2. The van der Waals surface area contributed by atoms with E-state index in [9.17, 15) is 18.4 Å². The molecule has 0 bridgehead atoms. The van der Waals surface area contributed by atoms with Crippen molar-refractivity contribution in [1.82, 2.24) is 9.97 Å². The average Bonchev–Trinajstić information content (AvgIpc) is 3.73. The molecule has 16 heteroatoms. The van der Waals surface area contributed by atoms with Gasteiger partial charge < -0.3 is 21.7 Å². The zero-order valence-corrected chi connectivity index (χ0v) is 27.6. The van der Waals surface area contributed by atoms with Gasteiger partial charge in [-0.05, 0) is 49.2 Å². The van der Waals surface area contributed by atoms with Crippen LogP contribution in [0.5, 0.6) is 0 Å². The summed E-state index contributed by atoms with van der Waals surface area (Å²) in [5.74, 6) is 0. The van der Waals surface area contributed by atoms with Crippen molar-refractivity contribution in [1.29, 1.82) is 5.26 Å². The average molecular weight is 723 g/mol. The van der Waals surface area contributed by atoms with E-state index in [1.165, 1.54) is 29.2 Å². The van der Waals surface area contributed by atoms with Crippen molar-refractivity contribution < 1.29 is 23.4 Å². The number of rotatable bonds is 12. The maximum Gasteiger partial charge on any atom is 0.416 e. The van der Waals surface area contributed by atoms with Gasteiger partial charge in [0.05, 0.1) is 40.4 Å². The number of benzene rings is 2. The van der Waals surface area contributed by atoms with Gasteiger partial charge in [-0.2, -0.15) is 18.4 Å². The molecule has 2 aromatic carbocycles. The zero-order chi connectivity index (χ0) is 32.3. The molecular weight excluding hydrogens is 695 g/mol. The van der Waals surface area contributed by atoms with E-state index in [4.69, 9.17) is 44.9 Å². The monoisotopic (exact) mass is 721 g/mol. The third kappa shape index (κ3) is 11.2. The number of aliphatic hydroxyl groups is 2. The lowest BCUT2D eigenvalue weighted by atomic mass is 10.1. The summed E-state index contributed by atoms with van der Waals surface area (Å²) in [5, 5.41) is 28.1. The molecule has 6 N–H and O–H groups in total. The van der Waals surface area contributed by atoms with E-state index in [2.05, 4.69) is 16.0 Å². The molecule has 0 saturated carbocycles. The number of hydrogen-bond acceptors (Lipinski definition) is 11. The first kappa shape index (κ1) is 36.6. The normalized spacial score (nSPS) is 14.2. The Bertz CT molecular complexity index is 1490. The number of nitrogens with zero attached hydrogens (tertiary/aromatic N) is 3. The highest BCUT2D eigenvalue weighted by molar-refractivity contribution is 8.00. The Kier molecular flexibility index (Phi) is 14.7. The van der Waals surface area contributed by atoms with Gasteiger partial charge >= 0.3 is 6.18 Å². The molecule has 0 aliphatic heterocycles. The molecule has 2 aromatic heterocycles. The van der Waals surface area contributed by atoms with E-state index in [-0.39, 0.29) is 34.8 Å². The molecule has 0 aliphatic carbocycles. The van der Waals surface area contributed by atoms with Crippen molar-refractivity contribution in [2.75, 3.05) is 13.2 Å². The molecule has 0 aliphatic rings.